The molecule has 4 nitrogen and oxygen atoms in total. The molecule has 1 heterocycles. The van der Waals surface area contributed by atoms with Crippen molar-refractivity contribution in [1.29, 1.82) is 0 Å². The van der Waals surface area contributed by atoms with Gasteiger partial charge in [-0.15, -0.1) is 0 Å². The van der Waals surface area contributed by atoms with E-state index in [9.17, 15) is 4.79 Å². The molecule has 1 saturated heterocycles. The zero-order valence-electron chi connectivity index (χ0n) is 11.7. The number of rotatable bonds is 3. The summed E-state index contributed by atoms with van der Waals surface area (Å²) in [6.07, 6.45) is 1.10. The normalized spacial score (nSPS) is 18.9. The second-order valence-corrected chi connectivity index (χ2v) is 6.55. The highest BCUT2D eigenvalue weighted by molar-refractivity contribution is 8.00. The third-order valence-corrected chi connectivity index (χ3v) is 5.06. The van der Waals surface area contributed by atoms with Crippen molar-refractivity contribution >= 4 is 40.7 Å². The molecule has 0 saturated carbocycles. The number of anilines is 2. The van der Waals surface area contributed by atoms with E-state index in [1.165, 1.54) is 7.11 Å². The highest BCUT2D eigenvalue weighted by Gasteiger charge is 2.26. The van der Waals surface area contributed by atoms with Crippen LogP contribution in [-0.4, -0.2) is 37.2 Å². The number of halogens is 1. The summed E-state index contributed by atoms with van der Waals surface area (Å²) in [5, 5.41) is 1.06. The molecular weight excluding hydrogens is 296 g/mol. The quantitative estimate of drug-likeness (QED) is 0.686. The summed E-state index contributed by atoms with van der Waals surface area (Å²) < 4.78 is 4.85. The number of nitrogens with zero attached hydrogens (tertiary/aromatic N) is 1. The molecule has 2 rings (SSSR count). The maximum Gasteiger partial charge on any atom is 0.340 e. The molecule has 2 N–H and O–H groups in total. The van der Waals surface area contributed by atoms with Crippen LogP contribution in [0, 0.1) is 0 Å². The predicted molar refractivity (Wildman–Crippen MR) is 86.0 cm³/mol. The molecule has 1 unspecified atom stereocenters. The molecule has 1 aromatic carbocycles. The number of methoxy groups -OCH3 is 1. The van der Waals surface area contributed by atoms with E-state index in [0.717, 1.165) is 31.0 Å². The maximum absolute atomic E-state index is 12.0. The molecule has 0 radical (unpaired) electrons. The largest absolute Gasteiger partial charge is 0.465 e. The fourth-order valence-corrected chi connectivity index (χ4v) is 3.90. The zero-order valence-corrected chi connectivity index (χ0v) is 13.3. The van der Waals surface area contributed by atoms with Crippen LogP contribution in [-0.2, 0) is 4.74 Å². The number of ether oxygens (including phenoxy) is 1. The van der Waals surface area contributed by atoms with E-state index < -0.39 is 5.97 Å². The van der Waals surface area contributed by atoms with Gasteiger partial charge < -0.3 is 15.4 Å². The van der Waals surface area contributed by atoms with E-state index in [1.54, 1.807) is 12.1 Å². The van der Waals surface area contributed by atoms with Crippen LogP contribution in [0.5, 0.6) is 0 Å². The van der Waals surface area contributed by atoms with Gasteiger partial charge in [0.15, 0.2) is 0 Å². The van der Waals surface area contributed by atoms with Gasteiger partial charge in [-0.25, -0.2) is 4.79 Å². The van der Waals surface area contributed by atoms with E-state index in [2.05, 4.69) is 11.8 Å². The van der Waals surface area contributed by atoms with Crippen LogP contribution in [0.15, 0.2) is 12.1 Å². The van der Waals surface area contributed by atoms with Crippen molar-refractivity contribution in [2.45, 2.75) is 18.6 Å². The van der Waals surface area contributed by atoms with Gasteiger partial charge in [0.1, 0.15) is 0 Å². The molecule has 110 valence electrons. The molecule has 0 spiro atoms. The lowest BCUT2D eigenvalue weighted by Gasteiger charge is -2.35. The number of nitrogen functional groups attached to an aromatic ring is 1. The van der Waals surface area contributed by atoms with Crippen LogP contribution >= 0.6 is 23.4 Å². The predicted octanol–water partition coefficient (Wildman–Crippen LogP) is 3.04. The lowest BCUT2D eigenvalue weighted by Crippen LogP contribution is -2.38. The molecule has 1 aliphatic heterocycles. The fraction of sp³-hybridized carbons (Fsp3) is 0.500. The Balaban J connectivity index is 2.41. The first-order valence-corrected chi connectivity index (χ1v) is 8.03. The maximum atomic E-state index is 12.0. The van der Waals surface area contributed by atoms with E-state index in [1.807, 2.05) is 11.8 Å². The van der Waals surface area contributed by atoms with Gasteiger partial charge in [-0.2, -0.15) is 11.8 Å². The number of esters is 1. The molecule has 1 aromatic rings. The number of carbonyl (C=O) groups is 1. The van der Waals surface area contributed by atoms with E-state index >= 15 is 0 Å². The Bertz CT molecular complexity index is 510. The van der Waals surface area contributed by atoms with Crippen LogP contribution in [0.1, 0.15) is 23.7 Å². The smallest absolute Gasteiger partial charge is 0.340 e. The summed E-state index contributed by atoms with van der Waals surface area (Å²) >= 11 is 8.29. The lowest BCUT2D eigenvalue weighted by atomic mass is 10.1. The molecule has 1 atom stereocenters. The number of hydrogen-bond donors (Lipinski definition) is 1. The van der Waals surface area contributed by atoms with Crippen molar-refractivity contribution in [1.82, 2.24) is 0 Å². The standard InChI is InChI=1S/C14H19ClN2O2S/c1-3-10-8-17(4-5-20-10)13-11(14(18)19-2)6-9(16)7-12(13)15/h6-7,10H,3-5,8,16H2,1-2H3. The topological polar surface area (TPSA) is 55.6 Å². The van der Waals surface area contributed by atoms with Crippen LogP contribution in [0.4, 0.5) is 11.4 Å². The van der Waals surface area contributed by atoms with Crippen molar-refractivity contribution in [3.8, 4) is 0 Å². The molecule has 1 aliphatic rings. The molecule has 0 aromatic heterocycles. The number of carbonyl (C=O) groups excluding carboxylic acids is 1. The molecule has 1 fully saturated rings. The van der Waals surface area contributed by atoms with Crippen molar-refractivity contribution in [2.24, 2.45) is 0 Å². The Morgan fingerprint density at radius 2 is 2.35 bits per heavy atom. The Morgan fingerprint density at radius 1 is 1.60 bits per heavy atom. The average molecular weight is 315 g/mol. The highest BCUT2D eigenvalue weighted by Crippen LogP contribution is 2.36. The van der Waals surface area contributed by atoms with Gasteiger partial charge in [0.05, 0.1) is 23.4 Å². The first-order valence-electron chi connectivity index (χ1n) is 6.60. The van der Waals surface area contributed by atoms with E-state index in [4.69, 9.17) is 22.1 Å². The molecule has 0 aliphatic carbocycles. The SMILES string of the molecule is CCC1CN(c2c(Cl)cc(N)cc2C(=O)OC)CCS1. The third-order valence-electron chi connectivity index (χ3n) is 3.40. The van der Waals surface area contributed by atoms with Crippen molar-refractivity contribution in [2.75, 3.05) is 36.6 Å². The average Bonchev–Trinajstić information content (AvgIpc) is 2.45. The highest BCUT2D eigenvalue weighted by atomic mass is 35.5. The van der Waals surface area contributed by atoms with Gasteiger partial charge in [-0.3, -0.25) is 0 Å². The Morgan fingerprint density at radius 3 is 3.00 bits per heavy atom. The van der Waals surface area contributed by atoms with Gasteiger partial charge in [-0.05, 0) is 18.6 Å². The Labute approximate surface area is 128 Å². The summed E-state index contributed by atoms with van der Waals surface area (Å²) in [7, 11) is 1.37. The summed E-state index contributed by atoms with van der Waals surface area (Å²) in [6.45, 7) is 3.93. The molecular formula is C14H19ClN2O2S. The third kappa shape index (κ3) is 3.15. The van der Waals surface area contributed by atoms with E-state index in [-0.39, 0.29) is 0 Å². The van der Waals surface area contributed by atoms with E-state index in [0.29, 0.717) is 21.5 Å². The second-order valence-electron chi connectivity index (χ2n) is 4.74. The molecule has 6 heteroatoms. The number of thioether (sulfide) groups is 1. The van der Waals surface area contributed by atoms with Gasteiger partial charge in [0, 0.05) is 29.8 Å². The van der Waals surface area contributed by atoms with Crippen LogP contribution < -0.4 is 10.6 Å². The number of hydrogen-bond acceptors (Lipinski definition) is 5. The number of benzene rings is 1. The van der Waals surface area contributed by atoms with Crippen molar-refractivity contribution in [3.05, 3.63) is 22.7 Å². The van der Waals surface area contributed by atoms with Crippen LogP contribution in [0.25, 0.3) is 0 Å². The second kappa shape index (κ2) is 6.59. The molecule has 0 bridgehead atoms. The first kappa shape index (κ1) is 15.3. The Hall–Kier alpha value is -1.07. The monoisotopic (exact) mass is 314 g/mol. The van der Waals surface area contributed by atoms with Crippen LogP contribution in [0.3, 0.4) is 0 Å². The minimum absolute atomic E-state index is 0.402. The van der Waals surface area contributed by atoms with Crippen molar-refractivity contribution < 1.29 is 9.53 Å². The Kier molecular flexibility index (Phi) is 5.05. The van der Waals surface area contributed by atoms with Gasteiger partial charge in [-0.1, -0.05) is 18.5 Å². The lowest BCUT2D eigenvalue weighted by molar-refractivity contribution is 0.0601. The molecule has 20 heavy (non-hydrogen) atoms. The molecule has 0 amide bonds. The van der Waals surface area contributed by atoms with Crippen molar-refractivity contribution in [3.63, 3.8) is 0 Å². The summed E-state index contributed by atoms with van der Waals surface area (Å²) in [5.41, 5.74) is 7.44. The summed E-state index contributed by atoms with van der Waals surface area (Å²) in [5.74, 6) is 0.625. The van der Waals surface area contributed by atoms with Gasteiger partial charge in [0.25, 0.3) is 0 Å². The number of nitrogens with two attached hydrogens (primary N) is 1. The zero-order chi connectivity index (χ0) is 14.7. The van der Waals surface area contributed by atoms with Crippen LogP contribution in [0.2, 0.25) is 5.02 Å². The summed E-state index contributed by atoms with van der Waals surface area (Å²) in [6, 6.07) is 3.32. The van der Waals surface area contributed by atoms with Gasteiger partial charge >= 0.3 is 5.97 Å². The first-order chi connectivity index (χ1) is 9.56. The minimum Gasteiger partial charge on any atom is -0.465 e. The fourth-order valence-electron chi connectivity index (χ4n) is 2.38. The summed E-state index contributed by atoms with van der Waals surface area (Å²) in [4.78, 5) is 14.1. The minimum atomic E-state index is -0.402. The van der Waals surface area contributed by atoms with Gasteiger partial charge in [0.2, 0.25) is 0 Å².